The molecule has 108 valence electrons. The third-order valence-corrected chi connectivity index (χ3v) is 3.26. The second-order valence-electron chi connectivity index (χ2n) is 4.92. The van der Waals surface area contributed by atoms with Gasteiger partial charge < -0.3 is 15.2 Å². The summed E-state index contributed by atoms with van der Waals surface area (Å²) >= 11 is 0. The van der Waals surface area contributed by atoms with Gasteiger partial charge >= 0.3 is 5.97 Å². The Hall–Kier alpha value is -2.04. The molecule has 20 heavy (non-hydrogen) atoms. The van der Waals surface area contributed by atoms with Crippen LogP contribution in [0.4, 0.5) is 0 Å². The standard InChI is InChI=1S/C15H19NO4/c17-14(16-7-2-1-3-15(18)19)10-11-4-5-13-12(9-11)6-8-20-13/h4-5,9H,1-3,6-8,10H2,(H,16,17)(H,18,19). The lowest BCUT2D eigenvalue weighted by Crippen LogP contribution is -2.26. The molecule has 0 spiro atoms. The monoisotopic (exact) mass is 277 g/mol. The minimum absolute atomic E-state index is 0.0285. The van der Waals surface area contributed by atoms with Gasteiger partial charge in [-0.25, -0.2) is 0 Å². The zero-order valence-corrected chi connectivity index (χ0v) is 11.4. The molecule has 0 atom stereocenters. The van der Waals surface area contributed by atoms with Crippen molar-refractivity contribution in [2.24, 2.45) is 0 Å². The molecule has 0 aromatic heterocycles. The van der Waals surface area contributed by atoms with Crippen molar-refractivity contribution in [3.8, 4) is 5.75 Å². The largest absolute Gasteiger partial charge is 0.493 e. The SMILES string of the molecule is O=C(O)CCCCNC(=O)Cc1ccc2c(c1)CCO2. The predicted molar refractivity (Wildman–Crippen MR) is 73.8 cm³/mol. The second kappa shape index (κ2) is 6.93. The van der Waals surface area contributed by atoms with Gasteiger partial charge in [-0.1, -0.05) is 12.1 Å². The average Bonchev–Trinajstić information content (AvgIpc) is 2.85. The van der Waals surface area contributed by atoms with Crippen LogP contribution in [-0.2, 0) is 22.4 Å². The first-order valence-corrected chi connectivity index (χ1v) is 6.88. The number of carbonyl (C=O) groups excluding carboxylic acids is 1. The molecule has 0 unspecified atom stereocenters. The van der Waals surface area contributed by atoms with Crippen molar-refractivity contribution in [3.63, 3.8) is 0 Å². The van der Waals surface area contributed by atoms with Gasteiger partial charge in [0.25, 0.3) is 0 Å². The minimum atomic E-state index is -0.795. The van der Waals surface area contributed by atoms with E-state index in [1.807, 2.05) is 18.2 Å². The van der Waals surface area contributed by atoms with Crippen LogP contribution in [0.2, 0.25) is 0 Å². The number of amides is 1. The van der Waals surface area contributed by atoms with Crippen molar-refractivity contribution < 1.29 is 19.4 Å². The molecule has 0 fully saturated rings. The lowest BCUT2D eigenvalue weighted by Gasteiger charge is -2.06. The maximum Gasteiger partial charge on any atom is 0.303 e. The highest BCUT2D eigenvalue weighted by Gasteiger charge is 2.13. The molecule has 0 saturated heterocycles. The van der Waals surface area contributed by atoms with Gasteiger partial charge in [-0.2, -0.15) is 0 Å². The van der Waals surface area contributed by atoms with E-state index in [1.54, 1.807) is 0 Å². The normalized spacial score (nSPS) is 12.6. The van der Waals surface area contributed by atoms with Crippen LogP contribution in [0.25, 0.3) is 0 Å². The third-order valence-electron chi connectivity index (χ3n) is 3.26. The van der Waals surface area contributed by atoms with E-state index in [2.05, 4.69) is 5.32 Å². The molecular weight excluding hydrogens is 258 g/mol. The van der Waals surface area contributed by atoms with E-state index in [9.17, 15) is 9.59 Å². The van der Waals surface area contributed by atoms with Crippen molar-refractivity contribution in [1.82, 2.24) is 5.32 Å². The van der Waals surface area contributed by atoms with E-state index >= 15 is 0 Å². The fourth-order valence-electron chi connectivity index (χ4n) is 2.23. The maximum atomic E-state index is 11.8. The molecule has 0 bridgehead atoms. The van der Waals surface area contributed by atoms with Gasteiger partial charge in [0.15, 0.2) is 0 Å². The molecule has 0 aliphatic carbocycles. The molecule has 0 radical (unpaired) electrons. The topological polar surface area (TPSA) is 75.6 Å². The summed E-state index contributed by atoms with van der Waals surface area (Å²) in [5, 5.41) is 11.3. The summed E-state index contributed by atoms with van der Waals surface area (Å²) < 4.78 is 5.42. The third kappa shape index (κ3) is 4.26. The van der Waals surface area contributed by atoms with Crippen LogP contribution >= 0.6 is 0 Å². The Balaban J connectivity index is 1.70. The first-order chi connectivity index (χ1) is 9.65. The highest BCUT2D eigenvalue weighted by Crippen LogP contribution is 2.25. The van der Waals surface area contributed by atoms with Crippen molar-refractivity contribution in [2.75, 3.05) is 13.2 Å². The van der Waals surface area contributed by atoms with Crippen LogP contribution < -0.4 is 10.1 Å². The summed E-state index contributed by atoms with van der Waals surface area (Å²) in [7, 11) is 0. The fraction of sp³-hybridized carbons (Fsp3) is 0.467. The number of rotatable bonds is 7. The summed E-state index contributed by atoms with van der Waals surface area (Å²) in [5.74, 6) is 0.0960. The van der Waals surface area contributed by atoms with E-state index < -0.39 is 5.97 Å². The van der Waals surface area contributed by atoms with Crippen LogP contribution in [0.1, 0.15) is 30.4 Å². The van der Waals surface area contributed by atoms with Gasteiger partial charge in [0.1, 0.15) is 5.75 Å². The molecule has 1 heterocycles. The molecule has 5 heteroatoms. The predicted octanol–water partition coefficient (Wildman–Crippen LogP) is 1.54. The maximum absolute atomic E-state index is 11.8. The number of nitrogens with one attached hydrogen (secondary N) is 1. The van der Waals surface area contributed by atoms with Crippen molar-refractivity contribution in [2.45, 2.75) is 32.1 Å². The number of fused-ring (bicyclic) bond motifs is 1. The summed E-state index contributed by atoms with van der Waals surface area (Å²) in [5.41, 5.74) is 2.15. The van der Waals surface area contributed by atoms with E-state index in [0.717, 1.165) is 23.3 Å². The molecule has 1 aliphatic rings. The van der Waals surface area contributed by atoms with Gasteiger partial charge in [-0.15, -0.1) is 0 Å². The molecule has 1 aliphatic heterocycles. The number of hydrogen-bond acceptors (Lipinski definition) is 3. The minimum Gasteiger partial charge on any atom is -0.493 e. The Bertz CT molecular complexity index is 499. The van der Waals surface area contributed by atoms with Crippen LogP contribution in [0.3, 0.4) is 0 Å². The first-order valence-electron chi connectivity index (χ1n) is 6.88. The Morgan fingerprint density at radius 3 is 2.95 bits per heavy atom. The number of aliphatic carboxylic acids is 1. The van der Waals surface area contributed by atoms with E-state index in [1.165, 1.54) is 0 Å². The van der Waals surface area contributed by atoms with Crippen molar-refractivity contribution in [3.05, 3.63) is 29.3 Å². The lowest BCUT2D eigenvalue weighted by atomic mass is 10.1. The van der Waals surface area contributed by atoms with Gasteiger partial charge in [-0.3, -0.25) is 9.59 Å². The number of carbonyl (C=O) groups is 2. The Labute approximate surface area is 117 Å². The molecule has 0 saturated carbocycles. The van der Waals surface area contributed by atoms with Crippen LogP contribution in [-0.4, -0.2) is 30.1 Å². The fourth-order valence-corrected chi connectivity index (χ4v) is 2.23. The molecule has 1 aromatic rings. The van der Waals surface area contributed by atoms with Gasteiger partial charge in [-0.05, 0) is 30.0 Å². The molecule has 1 amide bonds. The Morgan fingerprint density at radius 1 is 1.30 bits per heavy atom. The molecule has 1 aromatic carbocycles. The molecular formula is C15H19NO4. The Morgan fingerprint density at radius 2 is 2.15 bits per heavy atom. The number of ether oxygens (including phenoxy) is 1. The number of benzene rings is 1. The highest BCUT2D eigenvalue weighted by atomic mass is 16.5. The molecule has 5 nitrogen and oxygen atoms in total. The van der Waals surface area contributed by atoms with Crippen LogP contribution in [0.5, 0.6) is 5.75 Å². The molecule has 2 N–H and O–H groups in total. The van der Waals surface area contributed by atoms with Crippen LogP contribution in [0, 0.1) is 0 Å². The van der Waals surface area contributed by atoms with E-state index in [0.29, 0.717) is 32.4 Å². The van der Waals surface area contributed by atoms with Crippen molar-refractivity contribution >= 4 is 11.9 Å². The lowest BCUT2D eigenvalue weighted by molar-refractivity contribution is -0.137. The number of carboxylic acids is 1. The first kappa shape index (κ1) is 14.4. The Kier molecular flexibility index (Phi) is 4.98. The number of hydrogen-bond donors (Lipinski definition) is 2. The van der Waals surface area contributed by atoms with E-state index in [-0.39, 0.29) is 12.3 Å². The average molecular weight is 277 g/mol. The number of carboxylic acid groups (broad SMARTS) is 1. The van der Waals surface area contributed by atoms with Gasteiger partial charge in [0.2, 0.25) is 5.91 Å². The summed E-state index contributed by atoms with van der Waals surface area (Å²) in [6.07, 6.45) is 2.69. The van der Waals surface area contributed by atoms with Gasteiger partial charge in [0, 0.05) is 19.4 Å². The van der Waals surface area contributed by atoms with E-state index in [4.69, 9.17) is 9.84 Å². The van der Waals surface area contributed by atoms with Crippen molar-refractivity contribution in [1.29, 1.82) is 0 Å². The highest BCUT2D eigenvalue weighted by molar-refractivity contribution is 5.78. The van der Waals surface area contributed by atoms with Crippen LogP contribution in [0.15, 0.2) is 18.2 Å². The number of unbranched alkanes of at least 4 members (excludes halogenated alkanes) is 1. The second-order valence-corrected chi connectivity index (χ2v) is 4.92. The summed E-state index contributed by atoms with van der Waals surface area (Å²) in [6, 6.07) is 5.85. The summed E-state index contributed by atoms with van der Waals surface area (Å²) in [4.78, 5) is 22.1. The van der Waals surface area contributed by atoms with Gasteiger partial charge in [0.05, 0.1) is 13.0 Å². The quantitative estimate of drug-likeness (QED) is 0.741. The zero-order valence-electron chi connectivity index (χ0n) is 11.4. The zero-order chi connectivity index (χ0) is 14.4. The summed E-state index contributed by atoms with van der Waals surface area (Å²) in [6.45, 7) is 1.24. The smallest absolute Gasteiger partial charge is 0.303 e. The molecule has 2 rings (SSSR count).